The molecule has 1 aromatic carbocycles. The van der Waals surface area contributed by atoms with Crippen molar-refractivity contribution < 1.29 is 4.79 Å². The molecule has 0 aliphatic rings. The van der Waals surface area contributed by atoms with Crippen LogP contribution in [0.2, 0.25) is 5.02 Å². The maximum atomic E-state index is 12.0. The number of nitrogens with zero attached hydrogens (tertiary/aromatic N) is 3. The highest BCUT2D eigenvalue weighted by molar-refractivity contribution is 6.33. The molecule has 3 N–H and O–H groups in total. The second kappa shape index (κ2) is 8.93. The number of hydrogen-bond acceptors (Lipinski definition) is 3. The van der Waals surface area contributed by atoms with Gasteiger partial charge in [-0.15, -0.1) is 0 Å². The summed E-state index contributed by atoms with van der Waals surface area (Å²) >= 11 is 5.99. The molecule has 0 atom stereocenters. The summed E-state index contributed by atoms with van der Waals surface area (Å²) in [6.45, 7) is 1.61. The SMILES string of the molecule is CN=C(NCCNC(=O)c1ccccc1Cl)NCc1ccnn1C. The van der Waals surface area contributed by atoms with Gasteiger partial charge in [-0.1, -0.05) is 23.7 Å². The summed E-state index contributed by atoms with van der Waals surface area (Å²) in [6.07, 6.45) is 1.75. The number of amides is 1. The number of carbonyl (C=O) groups excluding carboxylic acids is 1. The monoisotopic (exact) mass is 348 g/mol. The molecule has 0 radical (unpaired) electrons. The Morgan fingerprint density at radius 2 is 1.96 bits per heavy atom. The number of aromatic nitrogens is 2. The van der Waals surface area contributed by atoms with E-state index < -0.39 is 0 Å². The van der Waals surface area contributed by atoms with Crippen molar-refractivity contribution in [2.75, 3.05) is 20.1 Å². The molecule has 0 aliphatic heterocycles. The Balaban J connectivity index is 1.71. The van der Waals surface area contributed by atoms with Crippen LogP contribution in [-0.2, 0) is 13.6 Å². The number of halogens is 1. The number of benzene rings is 1. The number of aliphatic imine (C=N–C) groups is 1. The molecule has 0 fully saturated rings. The topological polar surface area (TPSA) is 83.3 Å². The van der Waals surface area contributed by atoms with Crippen molar-refractivity contribution in [1.82, 2.24) is 25.7 Å². The molecule has 0 unspecified atom stereocenters. The van der Waals surface area contributed by atoms with Crippen LogP contribution in [0, 0.1) is 0 Å². The first-order valence-electron chi connectivity index (χ1n) is 7.56. The van der Waals surface area contributed by atoms with Gasteiger partial charge in [0, 0.05) is 33.4 Å². The number of guanidine groups is 1. The minimum Gasteiger partial charge on any atom is -0.355 e. The molecule has 2 aromatic rings. The van der Waals surface area contributed by atoms with Gasteiger partial charge in [-0.3, -0.25) is 14.5 Å². The van der Waals surface area contributed by atoms with Gasteiger partial charge < -0.3 is 16.0 Å². The molecule has 0 saturated carbocycles. The lowest BCUT2D eigenvalue weighted by Gasteiger charge is -2.12. The van der Waals surface area contributed by atoms with E-state index in [0.717, 1.165) is 5.69 Å². The van der Waals surface area contributed by atoms with Crippen molar-refractivity contribution >= 4 is 23.5 Å². The number of hydrogen-bond donors (Lipinski definition) is 3. The molecule has 8 heteroatoms. The molecule has 0 spiro atoms. The van der Waals surface area contributed by atoms with Crippen LogP contribution in [-0.4, -0.2) is 41.8 Å². The molecule has 1 heterocycles. The van der Waals surface area contributed by atoms with Gasteiger partial charge in [0.25, 0.3) is 5.91 Å². The van der Waals surface area contributed by atoms with E-state index in [1.54, 1.807) is 42.2 Å². The van der Waals surface area contributed by atoms with Crippen molar-refractivity contribution in [2.24, 2.45) is 12.0 Å². The van der Waals surface area contributed by atoms with E-state index in [9.17, 15) is 4.79 Å². The number of nitrogens with one attached hydrogen (secondary N) is 3. The van der Waals surface area contributed by atoms with Gasteiger partial charge in [0.05, 0.1) is 22.8 Å². The van der Waals surface area contributed by atoms with Crippen LogP contribution >= 0.6 is 11.6 Å². The Labute approximate surface area is 146 Å². The quantitative estimate of drug-likeness (QED) is 0.416. The Morgan fingerprint density at radius 1 is 1.21 bits per heavy atom. The van der Waals surface area contributed by atoms with Gasteiger partial charge in [-0.05, 0) is 18.2 Å². The van der Waals surface area contributed by atoms with Gasteiger partial charge >= 0.3 is 0 Å². The zero-order valence-electron chi connectivity index (χ0n) is 13.7. The zero-order valence-corrected chi connectivity index (χ0v) is 14.5. The zero-order chi connectivity index (χ0) is 17.4. The summed E-state index contributed by atoms with van der Waals surface area (Å²) in [5.74, 6) is 0.462. The number of rotatable bonds is 6. The summed E-state index contributed by atoms with van der Waals surface area (Å²) in [6, 6.07) is 8.89. The van der Waals surface area contributed by atoms with Gasteiger partial charge in [0.1, 0.15) is 0 Å². The summed E-state index contributed by atoms with van der Waals surface area (Å²) in [7, 11) is 3.58. The predicted octanol–water partition coefficient (Wildman–Crippen LogP) is 1.17. The third kappa shape index (κ3) is 4.99. The van der Waals surface area contributed by atoms with E-state index in [1.165, 1.54) is 0 Å². The standard InChI is InChI=1S/C16H21ClN6O/c1-18-16(21-11-12-7-8-22-23(12)2)20-10-9-19-15(24)13-5-3-4-6-14(13)17/h3-8H,9-11H2,1-2H3,(H,19,24)(H2,18,20,21). The normalized spacial score (nSPS) is 11.2. The van der Waals surface area contributed by atoms with Crippen LogP contribution in [0.15, 0.2) is 41.5 Å². The Morgan fingerprint density at radius 3 is 2.62 bits per heavy atom. The van der Waals surface area contributed by atoms with Gasteiger partial charge in [0.15, 0.2) is 5.96 Å². The maximum Gasteiger partial charge on any atom is 0.252 e. The lowest BCUT2D eigenvalue weighted by molar-refractivity contribution is 0.0954. The fourth-order valence-corrected chi connectivity index (χ4v) is 2.29. The third-order valence-electron chi connectivity index (χ3n) is 3.40. The lowest BCUT2D eigenvalue weighted by atomic mass is 10.2. The van der Waals surface area contributed by atoms with E-state index in [2.05, 4.69) is 26.0 Å². The van der Waals surface area contributed by atoms with E-state index in [-0.39, 0.29) is 5.91 Å². The largest absolute Gasteiger partial charge is 0.355 e. The van der Waals surface area contributed by atoms with E-state index >= 15 is 0 Å². The highest BCUT2D eigenvalue weighted by Crippen LogP contribution is 2.14. The van der Waals surface area contributed by atoms with Gasteiger partial charge in [-0.25, -0.2) is 0 Å². The average molecular weight is 349 g/mol. The highest BCUT2D eigenvalue weighted by Gasteiger charge is 2.08. The summed E-state index contributed by atoms with van der Waals surface area (Å²) in [5.41, 5.74) is 1.52. The Hall–Kier alpha value is -2.54. The van der Waals surface area contributed by atoms with Crippen molar-refractivity contribution in [1.29, 1.82) is 0 Å². The molecule has 2 rings (SSSR count). The molecular formula is C16H21ClN6O. The molecule has 7 nitrogen and oxygen atoms in total. The molecule has 0 aliphatic carbocycles. The number of carbonyl (C=O) groups is 1. The van der Waals surface area contributed by atoms with Crippen LogP contribution in [0.25, 0.3) is 0 Å². The van der Waals surface area contributed by atoms with Crippen LogP contribution in [0.1, 0.15) is 16.1 Å². The fraction of sp³-hybridized carbons (Fsp3) is 0.312. The van der Waals surface area contributed by atoms with Crippen molar-refractivity contribution in [3.05, 3.63) is 52.8 Å². The number of aryl methyl sites for hydroxylation is 1. The molecule has 1 amide bonds. The minimum atomic E-state index is -0.194. The first-order valence-corrected chi connectivity index (χ1v) is 7.93. The molecule has 0 bridgehead atoms. The van der Waals surface area contributed by atoms with Gasteiger partial charge in [-0.2, -0.15) is 5.10 Å². The first kappa shape index (κ1) is 17.8. The predicted molar refractivity (Wildman–Crippen MR) is 95.2 cm³/mol. The molecule has 1 aromatic heterocycles. The van der Waals surface area contributed by atoms with E-state index in [4.69, 9.17) is 11.6 Å². The molecule has 24 heavy (non-hydrogen) atoms. The van der Waals surface area contributed by atoms with Crippen molar-refractivity contribution in [3.63, 3.8) is 0 Å². The van der Waals surface area contributed by atoms with Crippen LogP contribution in [0.3, 0.4) is 0 Å². The Kier molecular flexibility index (Phi) is 6.62. The highest BCUT2D eigenvalue weighted by atomic mass is 35.5. The summed E-state index contributed by atoms with van der Waals surface area (Å²) in [5, 5.41) is 13.7. The lowest BCUT2D eigenvalue weighted by Crippen LogP contribution is -2.41. The minimum absolute atomic E-state index is 0.194. The smallest absolute Gasteiger partial charge is 0.252 e. The van der Waals surface area contributed by atoms with Crippen molar-refractivity contribution in [2.45, 2.75) is 6.54 Å². The van der Waals surface area contributed by atoms with Crippen LogP contribution < -0.4 is 16.0 Å². The second-order valence-electron chi connectivity index (χ2n) is 5.03. The molecule has 0 saturated heterocycles. The maximum absolute atomic E-state index is 12.0. The Bertz CT molecular complexity index is 712. The molecular weight excluding hydrogens is 328 g/mol. The summed E-state index contributed by atoms with van der Waals surface area (Å²) in [4.78, 5) is 16.2. The summed E-state index contributed by atoms with van der Waals surface area (Å²) < 4.78 is 1.80. The van der Waals surface area contributed by atoms with Crippen LogP contribution in [0.5, 0.6) is 0 Å². The van der Waals surface area contributed by atoms with Crippen molar-refractivity contribution in [3.8, 4) is 0 Å². The molecule has 128 valence electrons. The van der Waals surface area contributed by atoms with Crippen LogP contribution in [0.4, 0.5) is 0 Å². The first-order chi connectivity index (χ1) is 11.6. The fourth-order valence-electron chi connectivity index (χ4n) is 2.07. The van der Waals surface area contributed by atoms with E-state index in [1.807, 2.05) is 13.1 Å². The van der Waals surface area contributed by atoms with E-state index in [0.29, 0.717) is 36.2 Å². The van der Waals surface area contributed by atoms with Gasteiger partial charge in [0.2, 0.25) is 0 Å². The third-order valence-corrected chi connectivity index (χ3v) is 3.73. The second-order valence-corrected chi connectivity index (χ2v) is 5.44. The average Bonchev–Trinajstić information content (AvgIpc) is 2.99.